The fourth-order valence-electron chi connectivity index (χ4n) is 4.79. The third-order valence-corrected chi connectivity index (χ3v) is 13.0. The van der Waals surface area contributed by atoms with E-state index < -0.39 is 8.32 Å². The SMILES string of the molecule is CCCCCCCC/C=C\CCCCCCCCC(CCCCO[Si](C)(C)C(C)(C)C)c1ccncc1. The average Bonchev–Trinajstić information content (AvgIpc) is 2.86. The molecule has 3 heteroatoms. The van der Waals surface area contributed by atoms with Crippen LogP contribution in [0, 0.1) is 0 Å². The normalized spacial score (nSPS) is 13.5. The molecule has 214 valence electrons. The van der Waals surface area contributed by atoms with Crippen LogP contribution >= 0.6 is 0 Å². The predicted molar refractivity (Wildman–Crippen MR) is 168 cm³/mol. The lowest BCUT2D eigenvalue weighted by atomic mass is 9.89. The fourth-order valence-corrected chi connectivity index (χ4v) is 5.88. The Morgan fingerprint density at radius 3 is 1.76 bits per heavy atom. The van der Waals surface area contributed by atoms with E-state index in [4.69, 9.17) is 4.43 Å². The van der Waals surface area contributed by atoms with Crippen LogP contribution in [0.5, 0.6) is 0 Å². The molecule has 1 rings (SSSR count). The summed E-state index contributed by atoms with van der Waals surface area (Å²) in [5, 5.41) is 0.302. The number of aromatic nitrogens is 1. The molecule has 0 aliphatic rings. The number of allylic oxidation sites excluding steroid dienone is 2. The largest absolute Gasteiger partial charge is 0.417 e. The maximum atomic E-state index is 6.40. The first-order valence-electron chi connectivity index (χ1n) is 16.0. The van der Waals surface area contributed by atoms with Crippen LogP contribution in [0.2, 0.25) is 18.1 Å². The van der Waals surface area contributed by atoms with Crippen molar-refractivity contribution in [2.75, 3.05) is 6.61 Å². The molecular weight excluding hydrogens is 466 g/mol. The Labute approximate surface area is 233 Å². The molecule has 0 bridgehead atoms. The lowest BCUT2D eigenvalue weighted by Gasteiger charge is -2.36. The van der Waals surface area contributed by atoms with Crippen molar-refractivity contribution in [2.24, 2.45) is 0 Å². The highest BCUT2D eigenvalue weighted by Gasteiger charge is 2.36. The second kappa shape index (κ2) is 21.0. The van der Waals surface area contributed by atoms with Gasteiger partial charge in [-0.15, -0.1) is 0 Å². The van der Waals surface area contributed by atoms with Crippen LogP contribution in [-0.4, -0.2) is 19.9 Å². The molecular formula is C34H63NOSi. The summed E-state index contributed by atoms with van der Waals surface area (Å²) in [5.41, 5.74) is 1.48. The van der Waals surface area contributed by atoms with Gasteiger partial charge in [0.05, 0.1) is 0 Å². The fraction of sp³-hybridized carbons (Fsp3) is 0.794. The highest BCUT2D eigenvalue weighted by Crippen LogP contribution is 2.36. The van der Waals surface area contributed by atoms with E-state index in [1.54, 1.807) is 0 Å². The summed E-state index contributed by atoms with van der Waals surface area (Å²) < 4.78 is 6.40. The van der Waals surface area contributed by atoms with E-state index >= 15 is 0 Å². The van der Waals surface area contributed by atoms with Crippen molar-refractivity contribution in [2.45, 2.75) is 167 Å². The van der Waals surface area contributed by atoms with E-state index in [0.717, 1.165) is 6.61 Å². The highest BCUT2D eigenvalue weighted by atomic mass is 28.4. The number of hydrogen-bond donors (Lipinski definition) is 0. The molecule has 0 aromatic carbocycles. The molecule has 1 heterocycles. The van der Waals surface area contributed by atoms with Gasteiger partial charge in [-0.25, -0.2) is 0 Å². The Bertz CT molecular complexity index is 664. The second-order valence-electron chi connectivity index (χ2n) is 12.8. The number of hydrogen-bond acceptors (Lipinski definition) is 2. The lowest BCUT2D eigenvalue weighted by molar-refractivity contribution is 0.275. The molecule has 0 spiro atoms. The number of rotatable bonds is 23. The van der Waals surface area contributed by atoms with Crippen molar-refractivity contribution in [3.8, 4) is 0 Å². The summed E-state index contributed by atoms with van der Waals surface area (Å²) in [6, 6.07) is 4.47. The maximum Gasteiger partial charge on any atom is 0.191 e. The summed E-state index contributed by atoms with van der Waals surface area (Å²) in [7, 11) is -1.61. The highest BCUT2D eigenvalue weighted by molar-refractivity contribution is 6.74. The van der Waals surface area contributed by atoms with Crippen molar-refractivity contribution < 1.29 is 4.43 Å². The van der Waals surface area contributed by atoms with Gasteiger partial charge in [-0.2, -0.15) is 0 Å². The van der Waals surface area contributed by atoms with Crippen molar-refractivity contribution in [3.05, 3.63) is 42.2 Å². The van der Waals surface area contributed by atoms with Crippen molar-refractivity contribution in [3.63, 3.8) is 0 Å². The van der Waals surface area contributed by atoms with Crippen LogP contribution in [0.25, 0.3) is 0 Å². The number of nitrogens with zero attached hydrogens (tertiary/aromatic N) is 1. The summed E-state index contributed by atoms with van der Waals surface area (Å²) in [5.74, 6) is 0.674. The van der Waals surface area contributed by atoms with Gasteiger partial charge in [-0.3, -0.25) is 4.98 Å². The lowest BCUT2D eigenvalue weighted by Crippen LogP contribution is -2.40. The monoisotopic (exact) mass is 529 g/mol. The Morgan fingerprint density at radius 2 is 1.22 bits per heavy atom. The molecule has 0 N–H and O–H groups in total. The predicted octanol–water partition coefficient (Wildman–Crippen LogP) is 11.8. The Morgan fingerprint density at radius 1 is 0.730 bits per heavy atom. The van der Waals surface area contributed by atoms with E-state index in [0.29, 0.717) is 11.0 Å². The maximum absolute atomic E-state index is 6.40. The average molecular weight is 530 g/mol. The summed E-state index contributed by atoms with van der Waals surface area (Å²) in [6.45, 7) is 14.9. The quantitative estimate of drug-likeness (QED) is 0.0798. The van der Waals surface area contributed by atoms with Crippen molar-refractivity contribution in [1.29, 1.82) is 0 Å². The van der Waals surface area contributed by atoms with Crippen molar-refractivity contribution in [1.82, 2.24) is 4.98 Å². The number of pyridine rings is 1. The summed E-state index contributed by atoms with van der Waals surface area (Å²) >= 11 is 0. The van der Waals surface area contributed by atoms with Gasteiger partial charge in [0.15, 0.2) is 8.32 Å². The molecule has 1 aromatic heterocycles. The minimum absolute atomic E-state index is 0.302. The first-order chi connectivity index (χ1) is 17.8. The van der Waals surface area contributed by atoms with Gasteiger partial charge in [0.2, 0.25) is 0 Å². The van der Waals surface area contributed by atoms with Crippen LogP contribution in [0.15, 0.2) is 36.7 Å². The van der Waals surface area contributed by atoms with Gasteiger partial charge < -0.3 is 4.43 Å². The Kier molecular flexibility index (Phi) is 19.3. The zero-order valence-corrected chi connectivity index (χ0v) is 26.8. The summed E-state index contributed by atoms with van der Waals surface area (Å²) in [4.78, 5) is 4.25. The van der Waals surface area contributed by atoms with E-state index in [1.807, 2.05) is 12.4 Å². The summed E-state index contributed by atoms with van der Waals surface area (Å²) in [6.07, 6.45) is 33.1. The third kappa shape index (κ3) is 17.3. The van der Waals surface area contributed by atoms with E-state index in [1.165, 1.54) is 121 Å². The van der Waals surface area contributed by atoms with Gasteiger partial charge in [-0.1, -0.05) is 110 Å². The first kappa shape index (κ1) is 34.1. The van der Waals surface area contributed by atoms with Gasteiger partial charge >= 0.3 is 0 Å². The first-order valence-corrected chi connectivity index (χ1v) is 18.9. The molecule has 0 amide bonds. The second-order valence-corrected chi connectivity index (χ2v) is 17.6. The van der Waals surface area contributed by atoms with Gasteiger partial charge in [-0.05, 0) is 86.7 Å². The minimum atomic E-state index is -1.61. The third-order valence-electron chi connectivity index (χ3n) is 8.46. The van der Waals surface area contributed by atoms with Gasteiger partial charge in [0.25, 0.3) is 0 Å². The standard InChI is InChI=1S/C34H63NOSi/c1-7-8-9-10-11-12-13-14-15-16-17-18-19-20-21-22-25-32(33-27-29-35-30-28-33)26-23-24-31-36-37(5,6)34(2,3)4/h14-15,27-30,32H,7-13,16-26,31H2,1-6H3/b15-14-. The van der Waals surface area contributed by atoms with Crippen LogP contribution in [0.4, 0.5) is 0 Å². The molecule has 0 saturated heterocycles. The molecule has 0 radical (unpaired) electrons. The molecule has 0 aliphatic carbocycles. The van der Waals surface area contributed by atoms with E-state index in [-0.39, 0.29) is 0 Å². The smallest absolute Gasteiger partial charge is 0.191 e. The zero-order valence-electron chi connectivity index (χ0n) is 25.8. The number of unbranched alkanes of at least 4 members (excludes halogenated alkanes) is 13. The van der Waals surface area contributed by atoms with Crippen LogP contribution in [-0.2, 0) is 4.43 Å². The van der Waals surface area contributed by atoms with Crippen LogP contribution in [0.1, 0.15) is 155 Å². The minimum Gasteiger partial charge on any atom is -0.417 e. The van der Waals surface area contributed by atoms with Crippen molar-refractivity contribution >= 4 is 8.32 Å². The molecule has 1 unspecified atom stereocenters. The Balaban J connectivity index is 2.14. The molecule has 1 aromatic rings. The zero-order chi connectivity index (χ0) is 27.2. The van der Waals surface area contributed by atoms with Crippen LogP contribution in [0.3, 0.4) is 0 Å². The van der Waals surface area contributed by atoms with Gasteiger partial charge in [0, 0.05) is 19.0 Å². The van der Waals surface area contributed by atoms with Crippen LogP contribution < -0.4 is 0 Å². The Hall–Kier alpha value is -0.933. The molecule has 0 fully saturated rings. The molecule has 0 saturated carbocycles. The molecule has 2 nitrogen and oxygen atoms in total. The van der Waals surface area contributed by atoms with Gasteiger partial charge in [0.1, 0.15) is 0 Å². The molecule has 0 aliphatic heterocycles. The topological polar surface area (TPSA) is 22.1 Å². The molecule has 1 atom stereocenters. The van der Waals surface area contributed by atoms with E-state index in [2.05, 4.69) is 70.1 Å². The molecule has 37 heavy (non-hydrogen) atoms. The van der Waals surface area contributed by atoms with E-state index in [9.17, 15) is 0 Å².